The molecule has 0 saturated carbocycles. The molecule has 0 amide bonds. The first-order chi connectivity index (χ1) is 18.0. The number of rotatable bonds is 4. The highest BCUT2D eigenvalue weighted by Gasteiger charge is 2.21. The smallest absolute Gasteiger partial charge is 0.181 e. The van der Waals surface area contributed by atoms with Crippen LogP contribution in [0.4, 0.5) is 21.2 Å². The molecular weight excluding hydrogens is 489 g/mol. The second-order valence-corrected chi connectivity index (χ2v) is 10.3. The second-order valence-electron chi connectivity index (χ2n) is 9.19. The number of nitrogens with two attached hydrogens (primary N) is 2. The van der Waals surface area contributed by atoms with E-state index in [2.05, 4.69) is 19.9 Å². The van der Waals surface area contributed by atoms with Crippen LogP contribution in [0.2, 0.25) is 0 Å². The zero-order chi connectivity index (χ0) is 25.1. The molecule has 0 unspecified atom stereocenters. The maximum atomic E-state index is 14.3. The van der Waals surface area contributed by atoms with Crippen LogP contribution in [0.15, 0.2) is 48.8 Å². The topological polar surface area (TPSA) is 125 Å². The number of nitrogens with zero attached hydrogens (tertiary/aromatic N) is 7. The summed E-state index contributed by atoms with van der Waals surface area (Å²) in [4.78, 5) is 20.2. The van der Waals surface area contributed by atoms with Crippen LogP contribution in [-0.2, 0) is 6.54 Å². The fraction of sp³-hybridized carbons (Fsp3) is 0.192. The van der Waals surface area contributed by atoms with Crippen LogP contribution in [-0.4, -0.2) is 42.8 Å². The highest BCUT2D eigenvalue weighted by Crippen LogP contribution is 2.35. The molecule has 2 aromatic carbocycles. The van der Waals surface area contributed by atoms with E-state index in [0.717, 1.165) is 64.0 Å². The molecular formula is C26H22FN9S. The van der Waals surface area contributed by atoms with Crippen LogP contribution >= 0.6 is 11.3 Å². The van der Waals surface area contributed by atoms with Crippen LogP contribution < -0.4 is 16.4 Å². The third-order valence-corrected chi connectivity index (χ3v) is 7.68. The lowest BCUT2D eigenvalue weighted by Crippen LogP contribution is -2.19. The van der Waals surface area contributed by atoms with Gasteiger partial charge < -0.3 is 16.4 Å². The molecule has 0 radical (unpaired) electrons. The monoisotopic (exact) mass is 511 g/mol. The standard InChI is InChI=1S/C26H22FN9S/c27-16-4-6-18-17(11-16)15(10-21(32-18)35-7-1-2-8-35)12-36-25-22(24(28)30-13-31-25)23(34-36)14-3-5-19-20(9-14)37-26(29)33-19/h3-6,9-11,13H,1-2,7-8,12H2,(H2,29,33)(H2,28,30,31). The number of anilines is 3. The van der Waals surface area contributed by atoms with Gasteiger partial charge in [0, 0.05) is 24.0 Å². The molecule has 0 atom stereocenters. The summed E-state index contributed by atoms with van der Waals surface area (Å²) in [5.41, 5.74) is 16.9. The fourth-order valence-electron chi connectivity index (χ4n) is 5.09. The SMILES string of the molecule is Nc1nc2ccc(-c3nn(Cc4cc(N5CCCC5)nc5ccc(F)cc45)c4ncnc(N)c34)cc2s1. The Morgan fingerprint density at radius 1 is 0.946 bits per heavy atom. The van der Waals surface area contributed by atoms with Crippen molar-refractivity contribution in [2.45, 2.75) is 19.4 Å². The van der Waals surface area contributed by atoms with Gasteiger partial charge in [-0.2, -0.15) is 5.10 Å². The third kappa shape index (κ3) is 3.70. The van der Waals surface area contributed by atoms with Gasteiger partial charge in [0.1, 0.15) is 29.5 Å². The number of pyridine rings is 1. The van der Waals surface area contributed by atoms with E-state index >= 15 is 0 Å². The molecule has 7 rings (SSSR count). The Hall–Kier alpha value is -4.38. The maximum absolute atomic E-state index is 14.3. The first kappa shape index (κ1) is 21.9. The van der Waals surface area contributed by atoms with Crippen molar-refractivity contribution in [1.29, 1.82) is 0 Å². The minimum Gasteiger partial charge on any atom is -0.383 e. The summed E-state index contributed by atoms with van der Waals surface area (Å²) in [5.74, 6) is 0.934. The average molecular weight is 512 g/mol. The summed E-state index contributed by atoms with van der Waals surface area (Å²) < 4.78 is 17.1. The summed E-state index contributed by atoms with van der Waals surface area (Å²) in [7, 11) is 0. The van der Waals surface area contributed by atoms with Gasteiger partial charge in [0.05, 0.1) is 27.7 Å². The van der Waals surface area contributed by atoms with Crippen molar-refractivity contribution in [3.05, 3.63) is 60.2 Å². The van der Waals surface area contributed by atoms with Gasteiger partial charge in [-0.25, -0.2) is 29.0 Å². The lowest BCUT2D eigenvalue weighted by atomic mass is 10.1. The van der Waals surface area contributed by atoms with Gasteiger partial charge in [0.2, 0.25) is 0 Å². The molecule has 1 fully saturated rings. The Morgan fingerprint density at radius 2 is 1.78 bits per heavy atom. The minimum atomic E-state index is -0.306. The van der Waals surface area contributed by atoms with E-state index in [9.17, 15) is 4.39 Å². The lowest BCUT2D eigenvalue weighted by Gasteiger charge is -2.19. The Kier molecular flexibility index (Phi) is 4.93. The van der Waals surface area contributed by atoms with Crippen molar-refractivity contribution in [2.24, 2.45) is 0 Å². The molecule has 5 heterocycles. The van der Waals surface area contributed by atoms with Crippen molar-refractivity contribution in [1.82, 2.24) is 29.7 Å². The van der Waals surface area contributed by atoms with Gasteiger partial charge in [-0.1, -0.05) is 17.4 Å². The second kappa shape index (κ2) is 8.34. The summed E-state index contributed by atoms with van der Waals surface area (Å²) >= 11 is 1.42. The summed E-state index contributed by atoms with van der Waals surface area (Å²) in [6, 6.07) is 12.6. The van der Waals surface area contributed by atoms with Crippen LogP contribution in [0.25, 0.3) is 43.4 Å². The molecule has 1 aliphatic rings. The number of hydrogen-bond acceptors (Lipinski definition) is 9. The van der Waals surface area contributed by atoms with Crippen molar-refractivity contribution in [3.8, 4) is 11.3 Å². The number of benzene rings is 2. The van der Waals surface area contributed by atoms with Gasteiger partial charge in [0.15, 0.2) is 10.8 Å². The van der Waals surface area contributed by atoms with Crippen LogP contribution in [0.5, 0.6) is 0 Å². The molecule has 11 heteroatoms. The summed E-state index contributed by atoms with van der Waals surface area (Å²) in [6.07, 6.45) is 3.71. The third-order valence-electron chi connectivity index (χ3n) is 6.83. The van der Waals surface area contributed by atoms with Crippen molar-refractivity contribution >= 4 is 60.3 Å². The van der Waals surface area contributed by atoms with Crippen LogP contribution in [0.1, 0.15) is 18.4 Å². The van der Waals surface area contributed by atoms with E-state index in [-0.39, 0.29) is 5.82 Å². The van der Waals surface area contributed by atoms with Gasteiger partial charge in [-0.05, 0) is 54.8 Å². The Bertz CT molecular complexity index is 1820. The highest BCUT2D eigenvalue weighted by molar-refractivity contribution is 7.22. The first-order valence-corrected chi connectivity index (χ1v) is 12.8. The number of aromatic nitrogens is 6. The van der Waals surface area contributed by atoms with E-state index in [0.29, 0.717) is 34.2 Å². The lowest BCUT2D eigenvalue weighted by molar-refractivity contribution is 0.629. The van der Waals surface area contributed by atoms with Gasteiger partial charge in [0.25, 0.3) is 0 Å². The predicted molar refractivity (Wildman–Crippen MR) is 145 cm³/mol. The van der Waals surface area contributed by atoms with E-state index in [1.807, 2.05) is 24.3 Å². The summed E-state index contributed by atoms with van der Waals surface area (Å²) in [5, 5.41) is 6.87. The van der Waals surface area contributed by atoms with Crippen LogP contribution in [0.3, 0.4) is 0 Å². The van der Waals surface area contributed by atoms with Crippen molar-refractivity contribution in [3.63, 3.8) is 0 Å². The Labute approximate surface area is 214 Å². The normalized spacial score (nSPS) is 13.9. The molecule has 37 heavy (non-hydrogen) atoms. The molecule has 1 saturated heterocycles. The number of nitrogen functional groups attached to an aromatic ring is 2. The van der Waals surface area contributed by atoms with Gasteiger partial charge >= 0.3 is 0 Å². The molecule has 4 N–H and O–H groups in total. The maximum Gasteiger partial charge on any atom is 0.181 e. The zero-order valence-electron chi connectivity index (χ0n) is 19.7. The zero-order valence-corrected chi connectivity index (χ0v) is 20.5. The Morgan fingerprint density at radius 3 is 2.65 bits per heavy atom. The van der Waals surface area contributed by atoms with E-state index in [1.165, 1.54) is 29.8 Å². The van der Waals surface area contributed by atoms with E-state index < -0.39 is 0 Å². The first-order valence-electron chi connectivity index (χ1n) is 12.0. The molecule has 6 aromatic rings. The fourth-order valence-corrected chi connectivity index (χ4v) is 5.86. The molecule has 184 valence electrons. The number of hydrogen-bond donors (Lipinski definition) is 2. The van der Waals surface area contributed by atoms with E-state index in [4.69, 9.17) is 21.5 Å². The van der Waals surface area contributed by atoms with Gasteiger partial charge in [-0.15, -0.1) is 0 Å². The Balaban J connectivity index is 1.40. The predicted octanol–water partition coefficient (Wildman–Crippen LogP) is 4.60. The highest BCUT2D eigenvalue weighted by atomic mass is 32.1. The average Bonchev–Trinajstić information content (AvgIpc) is 3.63. The molecule has 0 spiro atoms. The molecule has 0 aliphatic carbocycles. The molecule has 4 aromatic heterocycles. The number of halogens is 1. The van der Waals surface area contributed by atoms with Crippen molar-refractivity contribution in [2.75, 3.05) is 29.5 Å². The summed E-state index contributed by atoms with van der Waals surface area (Å²) in [6.45, 7) is 2.29. The van der Waals surface area contributed by atoms with Gasteiger partial charge in [-0.3, -0.25) is 0 Å². The largest absolute Gasteiger partial charge is 0.383 e. The molecule has 1 aliphatic heterocycles. The van der Waals surface area contributed by atoms with E-state index in [1.54, 1.807) is 10.7 Å². The number of fused-ring (bicyclic) bond motifs is 3. The number of thiazole rings is 1. The molecule has 0 bridgehead atoms. The molecule has 9 nitrogen and oxygen atoms in total. The van der Waals surface area contributed by atoms with Crippen molar-refractivity contribution < 1.29 is 4.39 Å². The van der Waals surface area contributed by atoms with Crippen LogP contribution in [0, 0.1) is 5.82 Å². The minimum absolute atomic E-state index is 0.306. The quantitative estimate of drug-likeness (QED) is 0.352.